The Morgan fingerprint density at radius 2 is 1.97 bits per heavy atom. The van der Waals surface area contributed by atoms with Gasteiger partial charge in [0, 0.05) is 17.5 Å². The number of aromatic amines is 1. The third kappa shape index (κ3) is 4.45. The number of aryl methyl sites for hydroxylation is 1. The van der Waals surface area contributed by atoms with E-state index in [2.05, 4.69) is 36.0 Å². The van der Waals surface area contributed by atoms with E-state index in [1.54, 1.807) is 0 Å². The van der Waals surface area contributed by atoms with Crippen LogP contribution in [-0.4, -0.2) is 27.5 Å². The summed E-state index contributed by atoms with van der Waals surface area (Å²) < 4.78 is 5.54. The van der Waals surface area contributed by atoms with Crippen molar-refractivity contribution in [2.45, 2.75) is 33.1 Å². The van der Waals surface area contributed by atoms with Crippen LogP contribution in [0.3, 0.4) is 0 Å². The van der Waals surface area contributed by atoms with Crippen LogP contribution in [0.15, 0.2) is 46.6 Å². The predicted molar refractivity (Wildman–Crippen MR) is 112 cm³/mol. The lowest BCUT2D eigenvalue weighted by Crippen LogP contribution is -2.12. The topological polar surface area (TPSA) is 130 Å². The number of carbonyl (C=O) groups is 1. The Hall–Kier alpha value is -3.75. The van der Waals surface area contributed by atoms with Crippen molar-refractivity contribution < 1.29 is 19.6 Å². The van der Waals surface area contributed by atoms with Gasteiger partial charge in [-0.2, -0.15) is 0 Å². The number of amides is 1. The molecule has 0 spiro atoms. The van der Waals surface area contributed by atoms with E-state index >= 15 is 0 Å². The summed E-state index contributed by atoms with van der Waals surface area (Å²) in [6.07, 6.45) is 0. The van der Waals surface area contributed by atoms with Crippen molar-refractivity contribution in [2.24, 2.45) is 10.2 Å². The maximum absolute atomic E-state index is 12.1. The first-order chi connectivity index (χ1) is 14.1. The number of nitrogens with zero attached hydrogens (tertiary/aromatic N) is 3. The van der Waals surface area contributed by atoms with Crippen LogP contribution in [0.5, 0.6) is 11.6 Å². The SMILES string of the molecule is Cc1cc(C(C)(C)C)ccc1OCC(=O)N=Nc1c(O)[nH]c2ccc([N+](=O)[O-])cc12. The number of ether oxygens (including phenoxy) is 1. The highest BCUT2D eigenvalue weighted by atomic mass is 16.6. The Morgan fingerprint density at radius 3 is 2.60 bits per heavy atom. The molecule has 0 bridgehead atoms. The van der Waals surface area contributed by atoms with Gasteiger partial charge in [-0.3, -0.25) is 14.9 Å². The molecule has 0 aliphatic rings. The second-order valence-electron chi connectivity index (χ2n) is 7.92. The number of carbonyl (C=O) groups excluding carboxylic acids is 1. The van der Waals surface area contributed by atoms with E-state index in [1.165, 1.54) is 18.2 Å². The molecule has 0 aliphatic heterocycles. The van der Waals surface area contributed by atoms with Crippen LogP contribution in [0.4, 0.5) is 11.4 Å². The summed E-state index contributed by atoms with van der Waals surface area (Å²) in [5, 5.41) is 28.6. The van der Waals surface area contributed by atoms with Crippen LogP contribution < -0.4 is 4.74 Å². The summed E-state index contributed by atoms with van der Waals surface area (Å²) in [6, 6.07) is 9.77. The van der Waals surface area contributed by atoms with Crippen LogP contribution in [-0.2, 0) is 10.2 Å². The van der Waals surface area contributed by atoms with Gasteiger partial charge in [-0.15, -0.1) is 10.2 Å². The number of azo groups is 1. The van der Waals surface area contributed by atoms with Crippen LogP contribution in [0.25, 0.3) is 10.9 Å². The fraction of sp³-hybridized carbons (Fsp3) is 0.286. The lowest BCUT2D eigenvalue weighted by molar-refractivity contribution is -0.384. The Labute approximate surface area is 172 Å². The zero-order valence-corrected chi connectivity index (χ0v) is 17.1. The molecule has 0 saturated heterocycles. The number of aromatic nitrogens is 1. The van der Waals surface area contributed by atoms with Crippen LogP contribution in [0, 0.1) is 17.0 Å². The summed E-state index contributed by atoms with van der Waals surface area (Å²) in [4.78, 5) is 25.1. The van der Waals surface area contributed by atoms with Gasteiger partial charge in [0.1, 0.15) is 5.75 Å². The molecule has 30 heavy (non-hydrogen) atoms. The van der Waals surface area contributed by atoms with Crippen molar-refractivity contribution in [3.63, 3.8) is 0 Å². The summed E-state index contributed by atoms with van der Waals surface area (Å²) in [5.41, 5.74) is 2.28. The molecular formula is C21H22N4O5. The van der Waals surface area contributed by atoms with Gasteiger partial charge in [-0.05, 0) is 35.6 Å². The fourth-order valence-electron chi connectivity index (χ4n) is 2.92. The van der Waals surface area contributed by atoms with E-state index in [0.29, 0.717) is 11.3 Å². The van der Waals surface area contributed by atoms with E-state index in [9.17, 15) is 20.0 Å². The van der Waals surface area contributed by atoms with Gasteiger partial charge in [0.15, 0.2) is 12.3 Å². The van der Waals surface area contributed by atoms with E-state index in [0.717, 1.165) is 11.1 Å². The quantitative estimate of drug-likeness (QED) is 0.344. The van der Waals surface area contributed by atoms with Gasteiger partial charge in [-0.1, -0.05) is 32.9 Å². The van der Waals surface area contributed by atoms with Gasteiger partial charge >= 0.3 is 5.91 Å². The lowest BCUT2D eigenvalue weighted by Gasteiger charge is -2.20. The molecule has 0 aliphatic carbocycles. The number of hydrogen-bond donors (Lipinski definition) is 2. The first-order valence-corrected chi connectivity index (χ1v) is 9.24. The number of nitro benzene ring substituents is 1. The molecule has 9 nitrogen and oxygen atoms in total. The van der Waals surface area contributed by atoms with E-state index in [-0.39, 0.29) is 34.7 Å². The fourth-order valence-corrected chi connectivity index (χ4v) is 2.92. The van der Waals surface area contributed by atoms with Crippen molar-refractivity contribution >= 4 is 28.2 Å². The predicted octanol–water partition coefficient (Wildman–Crippen LogP) is 5.08. The van der Waals surface area contributed by atoms with Gasteiger partial charge in [-0.25, -0.2) is 0 Å². The molecule has 2 aromatic carbocycles. The minimum absolute atomic E-state index is 0.00370. The largest absolute Gasteiger partial charge is 0.493 e. The van der Waals surface area contributed by atoms with Crippen molar-refractivity contribution in [3.05, 3.63) is 57.6 Å². The Bertz CT molecular complexity index is 1160. The number of nitrogens with one attached hydrogen (secondary N) is 1. The minimum atomic E-state index is -0.659. The monoisotopic (exact) mass is 410 g/mol. The maximum Gasteiger partial charge on any atom is 0.302 e. The van der Waals surface area contributed by atoms with Gasteiger partial charge in [0.25, 0.3) is 5.69 Å². The molecule has 3 aromatic rings. The first-order valence-electron chi connectivity index (χ1n) is 9.24. The van der Waals surface area contributed by atoms with Crippen LogP contribution in [0.1, 0.15) is 31.9 Å². The highest BCUT2D eigenvalue weighted by Crippen LogP contribution is 2.37. The minimum Gasteiger partial charge on any atom is -0.493 e. The van der Waals surface area contributed by atoms with E-state index in [4.69, 9.17) is 4.74 Å². The van der Waals surface area contributed by atoms with Gasteiger partial charge in [0.05, 0.1) is 10.4 Å². The third-order valence-electron chi connectivity index (χ3n) is 4.60. The number of fused-ring (bicyclic) bond motifs is 1. The van der Waals surface area contributed by atoms with Crippen molar-refractivity contribution in [1.29, 1.82) is 0 Å². The van der Waals surface area contributed by atoms with Gasteiger partial charge < -0.3 is 14.8 Å². The van der Waals surface area contributed by atoms with Crippen molar-refractivity contribution in [3.8, 4) is 11.6 Å². The molecule has 0 fully saturated rings. The molecule has 0 unspecified atom stereocenters. The molecule has 156 valence electrons. The normalized spacial score (nSPS) is 11.9. The molecule has 2 N–H and O–H groups in total. The number of hydrogen-bond acceptors (Lipinski definition) is 6. The van der Waals surface area contributed by atoms with Crippen molar-refractivity contribution in [1.82, 2.24) is 4.98 Å². The highest BCUT2D eigenvalue weighted by molar-refractivity contribution is 5.95. The van der Waals surface area contributed by atoms with Crippen LogP contribution in [0.2, 0.25) is 0 Å². The number of aromatic hydroxyl groups is 1. The molecule has 3 rings (SSSR count). The van der Waals surface area contributed by atoms with E-state index in [1.807, 2.05) is 25.1 Å². The summed E-state index contributed by atoms with van der Waals surface area (Å²) in [6.45, 7) is 7.90. The van der Waals surface area contributed by atoms with E-state index < -0.39 is 10.8 Å². The lowest BCUT2D eigenvalue weighted by atomic mass is 9.86. The Kier molecular flexibility index (Phi) is 5.55. The van der Waals surface area contributed by atoms with Crippen LogP contribution >= 0.6 is 0 Å². The standard InChI is InChI=1S/C21H22N4O5/c1-12-9-13(21(2,3)4)5-8-17(12)30-11-18(26)23-24-19-15-10-14(25(28)29)6-7-16(15)22-20(19)27/h5-10,22,27H,11H2,1-4H3. The molecule has 1 heterocycles. The third-order valence-corrected chi connectivity index (χ3v) is 4.60. The molecule has 1 amide bonds. The summed E-state index contributed by atoms with van der Waals surface area (Å²) >= 11 is 0. The molecule has 9 heteroatoms. The molecule has 0 radical (unpaired) electrons. The van der Waals surface area contributed by atoms with Crippen molar-refractivity contribution in [2.75, 3.05) is 6.61 Å². The second-order valence-corrected chi connectivity index (χ2v) is 7.92. The van der Waals surface area contributed by atoms with Gasteiger partial charge in [0.2, 0.25) is 5.88 Å². The number of non-ortho nitro benzene ring substituents is 1. The zero-order chi connectivity index (χ0) is 22.1. The zero-order valence-electron chi connectivity index (χ0n) is 17.1. The maximum atomic E-state index is 12.1. The Balaban J connectivity index is 1.73. The first kappa shape index (κ1) is 21.0. The highest BCUT2D eigenvalue weighted by Gasteiger charge is 2.17. The molecule has 0 saturated carbocycles. The number of H-pyrrole nitrogens is 1. The average Bonchev–Trinajstić information content (AvgIpc) is 2.98. The summed E-state index contributed by atoms with van der Waals surface area (Å²) in [7, 11) is 0. The smallest absolute Gasteiger partial charge is 0.302 e. The number of nitro groups is 1. The molecular weight excluding hydrogens is 388 g/mol. The molecule has 1 aromatic heterocycles. The second kappa shape index (κ2) is 7.94. The average molecular weight is 410 g/mol. The Morgan fingerprint density at radius 1 is 1.23 bits per heavy atom. The molecule has 0 atom stereocenters. The summed E-state index contributed by atoms with van der Waals surface area (Å²) in [5.74, 6) is -0.429. The number of rotatable bonds is 5. The number of benzene rings is 2.